The second kappa shape index (κ2) is 6.77. The molecule has 1 amide bonds. The Morgan fingerprint density at radius 3 is 2.44 bits per heavy atom. The topological polar surface area (TPSA) is 29.1 Å². The van der Waals surface area contributed by atoms with Gasteiger partial charge in [0.2, 0.25) is 0 Å². The Labute approximate surface area is 116 Å². The molecule has 1 atom stereocenters. The van der Waals surface area contributed by atoms with Crippen LogP contribution in [0.5, 0.6) is 0 Å². The van der Waals surface area contributed by atoms with Crippen LogP contribution in [0.3, 0.4) is 0 Å². The molecular weight excluding hydrogens is 358 g/mol. The maximum atomic E-state index is 12.2. The number of halogens is 4. The Morgan fingerprint density at radius 2 is 1.94 bits per heavy atom. The molecule has 1 aromatic carbocycles. The summed E-state index contributed by atoms with van der Waals surface area (Å²) < 4.78 is 38.3. The van der Waals surface area contributed by atoms with Gasteiger partial charge in [-0.2, -0.15) is 13.2 Å². The van der Waals surface area contributed by atoms with Crippen LogP contribution >= 0.6 is 22.6 Å². The Kier molecular flexibility index (Phi) is 5.64. The highest BCUT2D eigenvalue weighted by Gasteiger charge is 2.39. The van der Waals surface area contributed by atoms with Crippen molar-refractivity contribution >= 4 is 28.5 Å². The molecule has 0 aliphatic heterocycles. The van der Waals surface area contributed by atoms with Crippen molar-refractivity contribution in [2.45, 2.75) is 18.6 Å². The molecule has 0 aliphatic carbocycles. The van der Waals surface area contributed by atoms with Crippen LogP contribution in [-0.2, 0) is 4.79 Å². The molecule has 0 heterocycles. The highest BCUT2D eigenvalue weighted by atomic mass is 127. The van der Waals surface area contributed by atoms with Crippen LogP contribution in [0, 0.1) is 0 Å². The average Bonchev–Trinajstić information content (AvgIpc) is 2.34. The van der Waals surface area contributed by atoms with Gasteiger partial charge in [0, 0.05) is 0 Å². The first kappa shape index (κ1) is 15.0. The molecule has 1 aromatic rings. The summed E-state index contributed by atoms with van der Waals surface area (Å²) in [5.74, 6) is -1.92. The lowest BCUT2D eigenvalue weighted by atomic mass is 10.0. The molecule has 98 valence electrons. The molecule has 0 saturated heterocycles. The van der Waals surface area contributed by atoms with E-state index in [2.05, 4.69) is 0 Å². The summed E-state index contributed by atoms with van der Waals surface area (Å²) in [6.45, 7) is 0. The summed E-state index contributed by atoms with van der Waals surface area (Å²) in [4.78, 5) is 10.9. The molecule has 1 rings (SSSR count). The third-order valence-corrected chi connectivity index (χ3v) is 2.73. The van der Waals surface area contributed by atoms with Crippen molar-refractivity contribution in [2.24, 2.45) is 0 Å². The molecule has 1 N–H and O–H groups in total. The molecule has 6 heteroatoms. The first-order chi connectivity index (χ1) is 8.45. The van der Waals surface area contributed by atoms with Gasteiger partial charge in [0.1, 0.15) is 0 Å². The average molecular weight is 369 g/mol. The maximum absolute atomic E-state index is 12.2. The normalized spacial score (nSPS) is 13.6. The van der Waals surface area contributed by atoms with Gasteiger partial charge >= 0.3 is 12.1 Å². The summed E-state index contributed by atoms with van der Waals surface area (Å²) in [5.41, 5.74) is 0.643. The maximum Gasteiger partial charge on any atom is 0.471 e. The monoisotopic (exact) mass is 369 g/mol. The van der Waals surface area contributed by atoms with E-state index in [4.69, 9.17) is 0 Å². The molecule has 0 aromatic heterocycles. The SMILES string of the molecule is O=C(N[C@H](C/C=C\I)c1ccccc1)C(F)(F)F. The number of hydrogen-bond donors (Lipinski definition) is 1. The van der Waals surface area contributed by atoms with Gasteiger partial charge in [0.25, 0.3) is 0 Å². The number of amides is 1. The van der Waals surface area contributed by atoms with E-state index in [1.165, 1.54) is 0 Å². The Balaban J connectivity index is 2.83. The van der Waals surface area contributed by atoms with Crippen molar-refractivity contribution < 1.29 is 18.0 Å². The van der Waals surface area contributed by atoms with Crippen molar-refractivity contribution in [1.29, 1.82) is 0 Å². The molecule has 0 bridgehead atoms. The van der Waals surface area contributed by atoms with Crippen molar-refractivity contribution in [1.82, 2.24) is 5.32 Å². The zero-order chi connectivity index (χ0) is 13.6. The van der Waals surface area contributed by atoms with Crippen molar-refractivity contribution in [3.05, 3.63) is 46.1 Å². The standard InChI is InChI=1S/C12H11F3INO/c13-12(14,15)11(18)17-10(7-4-8-16)9-5-2-1-3-6-9/h1-6,8,10H,7H2,(H,17,18)/b8-4-/t10-/m1/s1. The summed E-state index contributed by atoms with van der Waals surface area (Å²) in [6.07, 6.45) is -2.84. The fraction of sp³-hybridized carbons (Fsp3) is 0.250. The van der Waals surface area contributed by atoms with Crippen molar-refractivity contribution in [2.75, 3.05) is 0 Å². The molecular formula is C12H11F3INO. The van der Waals surface area contributed by atoms with Gasteiger partial charge in [-0.05, 0) is 16.1 Å². The van der Waals surface area contributed by atoms with E-state index in [-0.39, 0.29) is 0 Å². The quantitative estimate of drug-likeness (QED) is 0.805. The number of alkyl halides is 3. The smallest absolute Gasteiger partial charge is 0.341 e. The first-order valence-corrected chi connectivity index (χ1v) is 6.37. The molecule has 0 aliphatic rings. The van der Waals surface area contributed by atoms with Crippen LogP contribution in [0.1, 0.15) is 18.0 Å². The summed E-state index contributed by atoms with van der Waals surface area (Å²) in [6, 6.07) is 7.89. The van der Waals surface area contributed by atoms with Gasteiger partial charge in [-0.1, -0.05) is 59.0 Å². The molecule has 0 unspecified atom stereocenters. The summed E-state index contributed by atoms with van der Waals surface area (Å²) in [7, 11) is 0. The van der Waals surface area contributed by atoms with Crippen molar-refractivity contribution in [3.63, 3.8) is 0 Å². The van der Waals surface area contributed by atoms with E-state index in [0.29, 0.717) is 12.0 Å². The fourth-order valence-electron chi connectivity index (χ4n) is 1.39. The molecule has 18 heavy (non-hydrogen) atoms. The Bertz CT molecular complexity index is 417. The van der Waals surface area contributed by atoms with E-state index in [1.54, 1.807) is 40.5 Å². The van der Waals surface area contributed by atoms with E-state index in [9.17, 15) is 18.0 Å². The van der Waals surface area contributed by atoms with E-state index >= 15 is 0 Å². The number of benzene rings is 1. The largest absolute Gasteiger partial charge is 0.471 e. The Morgan fingerprint density at radius 1 is 1.33 bits per heavy atom. The minimum atomic E-state index is -4.86. The van der Waals surface area contributed by atoms with Gasteiger partial charge in [-0.15, -0.1) is 0 Å². The number of rotatable bonds is 4. The highest BCUT2D eigenvalue weighted by Crippen LogP contribution is 2.21. The number of hydrogen-bond acceptors (Lipinski definition) is 1. The second-order valence-electron chi connectivity index (χ2n) is 3.53. The van der Waals surface area contributed by atoms with Gasteiger partial charge < -0.3 is 5.32 Å². The highest BCUT2D eigenvalue weighted by molar-refractivity contribution is 14.1. The Hall–Kier alpha value is -1.05. The number of carbonyl (C=O) groups excluding carboxylic acids is 1. The van der Waals surface area contributed by atoms with Crippen LogP contribution < -0.4 is 5.32 Å². The lowest BCUT2D eigenvalue weighted by Gasteiger charge is -2.18. The third kappa shape index (κ3) is 4.67. The zero-order valence-corrected chi connectivity index (χ0v) is 11.4. The molecule has 0 radical (unpaired) electrons. The molecule has 0 fully saturated rings. The molecule has 0 spiro atoms. The zero-order valence-electron chi connectivity index (χ0n) is 9.25. The van der Waals surface area contributed by atoms with Crippen LogP contribution in [0.2, 0.25) is 0 Å². The van der Waals surface area contributed by atoms with Crippen LogP contribution in [0.4, 0.5) is 13.2 Å². The van der Waals surface area contributed by atoms with Gasteiger partial charge in [-0.3, -0.25) is 4.79 Å². The molecule has 0 saturated carbocycles. The lowest BCUT2D eigenvalue weighted by Crippen LogP contribution is -2.39. The minimum absolute atomic E-state index is 0.314. The number of nitrogens with one attached hydrogen (secondary N) is 1. The summed E-state index contributed by atoms with van der Waals surface area (Å²) >= 11 is 1.97. The van der Waals surface area contributed by atoms with E-state index < -0.39 is 18.1 Å². The number of carbonyl (C=O) groups is 1. The van der Waals surface area contributed by atoms with E-state index in [1.807, 2.05) is 27.9 Å². The summed E-state index contributed by atoms with van der Waals surface area (Å²) in [5, 5.41) is 1.99. The van der Waals surface area contributed by atoms with Gasteiger partial charge in [0.05, 0.1) is 6.04 Å². The predicted octanol–water partition coefficient (Wildman–Crippen LogP) is 3.75. The van der Waals surface area contributed by atoms with Crippen molar-refractivity contribution in [3.8, 4) is 0 Å². The van der Waals surface area contributed by atoms with Gasteiger partial charge in [-0.25, -0.2) is 0 Å². The van der Waals surface area contributed by atoms with Gasteiger partial charge in [0.15, 0.2) is 0 Å². The van der Waals surface area contributed by atoms with E-state index in [0.717, 1.165) is 0 Å². The third-order valence-electron chi connectivity index (χ3n) is 2.23. The predicted molar refractivity (Wildman–Crippen MR) is 71.2 cm³/mol. The van der Waals surface area contributed by atoms with Crippen LogP contribution in [0.15, 0.2) is 40.5 Å². The van der Waals surface area contributed by atoms with Crippen LogP contribution in [0.25, 0.3) is 0 Å². The minimum Gasteiger partial charge on any atom is -0.341 e. The van der Waals surface area contributed by atoms with Crippen LogP contribution in [-0.4, -0.2) is 12.1 Å². The lowest BCUT2D eigenvalue weighted by molar-refractivity contribution is -0.174. The fourth-order valence-corrected chi connectivity index (χ4v) is 1.68. The molecule has 2 nitrogen and oxygen atoms in total. The first-order valence-electron chi connectivity index (χ1n) is 5.13. The second-order valence-corrected chi connectivity index (χ2v) is 4.25.